The van der Waals surface area contributed by atoms with Crippen LogP contribution in [0.1, 0.15) is 438 Å². The Balaban J connectivity index is 3.28. The molecule has 0 aliphatic rings. The van der Waals surface area contributed by atoms with Crippen molar-refractivity contribution in [2.45, 2.75) is 450 Å². The Morgan fingerprint density at radius 1 is 0.329 bits per heavy atom. The molecule has 6 nitrogen and oxygen atoms in total. The average molecular weight is 1160 g/mol. The maximum Gasteiger partial charge on any atom is 0.305 e. The Labute approximate surface area is 514 Å². The number of aliphatic hydroxyl groups is 2. The normalized spacial score (nSPS) is 12.5. The number of amides is 1. The molecule has 0 heterocycles. The van der Waals surface area contributed by atoms with Gasteiger partial charge in [-0.25, -0.2) is 0 Å². The summed E-state index contributed by atoms with van der Waals surface area (Å²) in [5, 5.41) is 23.2. The Kier molecular flexibility index (Phi) is 70.8. The molecule has 0 fully saturated rings. The lowest BCUT2D eigenvalue weighted by Crippen LogP contribution is -2.45. The number of carbonyl (C=O) groups is 2. The van der Waals surface area contributed by atoms with E-state index in [1.807, 2.05) is 0 Å². The van der Waals surface area contributed by atoms with Crippen molar-refractivity contribution in [3.63, 3.8) is 0 Å². The minimum atomic E-state index is -0.659. The molecule has 0 bridgehead atoms. The third-order valence-corrected chi connectivity index (χ3v) is 18.1. The largest absolute Gasteiger partial charge is 0.466 e. The molecule has 0 aromatic rings. The standard InChI is InChI=1S/C76H149NO5/c1-3-5-7-9-11-13-15-16-17-18-41-44-47-50-54-58-62-66-70-76(81)82-71-67-63-59-55-51-48-45-42-39-37-35-33-31-29-27-25-23-21-19-20-22-24-26-28-30-32-34-36-38-40-43-46-49-53-57-61-65-69-75(80)77-73(72-78)74(79)68-64-60-56-52-14-12-10-8-6-4-2/h19,21,73-74,78-79H,3-18,20,22-72H2,1-2H3,(H,77,80)/b21-19-. The van der Waals surface area contributed by atoms with Crippen molar-refractivity contribution >= 4 is 11.9 Å². The van der Waals surface area contributed by atoms with Crippen molar-refractivity contribution in [2.75, 3.05) is 13.2 Å². The first-order chi connectivity index (χ1) is 40.5. The molecule has 0 saturated carbocycles. The van der Waals surface area contributed by atoms with Crippen molar-refractivity contribution in [1.82, 2.24) is 5.32 Å². The number of hydrogen-bond acceptors (Lipinski definition) is 5. The highest BCUT2D eigenvalue weighted by Crippen LogP contribution is 2.20. The average Bonchev–Trinajstić information content (AvgIpc) is 3.48. The number of nitrogens with one attached hydrogen (secondary N) is 1. The smallest absolute Gasteiger partial charge is 0.305 e. The van der Waals surface area contributed by atoms with Gasteiger partial charge in [0.2, 0.25) is 5.91 Å². The van der Waals surface area contributed by atoms with E-state index in [1.54, 1.807) is 0 Å². The summed E-state index contributed by atoms with van der Waals surface area (Å²) >= 11 is 0. The Bertz CT molecular complexity index is 1240. The summed E-state index contributed by atoms with van der Waals surface area (Å²) in [6.07, 6.45) is 90.3. The third kappa shape index (κ3) is 67.7. The van der Waals surface area contributed by atoms with Crippen molar-refractivity contribution in [2.24, 2.45) is 0 Å². The monoisotopic (exact) mass is 1160 g/mol. The summed E-state index contributed by atoms with van der Waals surface area (Å²) in [4.78, 5) is 24.6. The van der Waals surface area contributed by atoms with Crippen LogP contribution in [0.5, 0.6) is 0 Å². The summed E-state index contributed by atoms with van der Waals surface area (Å²) in [7, 11) is 0. The molecule has 0 aromatic carbocycles. The molecular formula is C76H149NO5. The minimum Gasteiger partial charge on any atom is -0.466 e. The van der Waals surface area contributed by atoms with E-state index in [1.165, 1.54) is 366 Å². The van der Waals surface area contributed by atoms with Gasteiger partial charge < -0.3 is 20.3 Å². The minimum absolute atomic E-state index is 0.0268. The highest BCUT2D eigenvalue weighted by molar-refractivity contribution is 5.76. The number of hydrogen-bond donors (Lipinski definition) is 3. The fourth-order valence-corrected chi connectivity index (χ4v) is 12.3. The van der Waals surface area contributed by atoms with Gasteiger partial charge in [0.05, 0.1) is 25.4 Å². The number of carbonyl (C=O) groups excluding carboxylic acids is 2. The van der Waals surface area contributed by atoms with Crippen molar-refractivity contribution < 1.29 is 24.5 Å². The zero-order valence-corrected chi connectivity index (χ0v) is 56.0. The number of aliphatic hydroxyl groups excluding tert-OH is 2. The predicted octanol–water partition coefficient (Wildman–Crippen LogP) is 24.7. The van der Waals surface area contributed by atoms with Crippen LogP contribution in [-0.2, 0) is 14.3 Å². The van der Waals surface area contributed by atoms with Gasteiger partial charge in [0.15, 0.2) is 0 Å². The van der Waals surface area contributed by atoms with Crippen LogP contribution in [0.2, 0.25) is 0 Å². The second kappa shape index (κ2) is 72.1. The van der Waals surface area contributed by atoms with Crippen LogP contribution in [0.25, 0.3) is 0 Å². The van der Waals surface area contributed by atoms with Crippen molar-refractivity contribution in [3.8, 4) is 0 Å². The van der Waals surface area contributed by atoms with Crippen LogP contribution < -0.4 is 5.32 Å². The number of esters is 1. The fraction of sp³-hybridized carbons (Fsp3) is 0.947. The van der Waals surface area contributed by atoms with Crippen molar-refractivity contribution in [3.05, 3.63) is 12.2 Å². The first kappa shape index (κ1) is 80.6. The van der Waals surface area contributed by atoms with E-state index in [0.717, 1.165) is 38.5 Å². The lowest BCUT2D eigenvalue weighted by Gasteiger charge is -2.22. The number of unbranched alkanes of at least 4 members (excludes halogenated alkanes) is 59. The maximum atomic E-state index is 12.5. The lowest BCUT2D eigenvalue weighted by atomic mass is 10.0. The molecule has 0 rings (SSSR count). The first-order valence-electron chi connectivity index (χ1n) is 37.9. The molecule has 3 N–H and O–H groups in total. The topological polar surface area (TPSA) is 95.9 Å². The molecule has 0 aliphatic heterocycles. The zero-order valence-electron chi connectivity index (χ0n) is 56.0. The lowest BCUT2D eigenvalue weighted by molar-refractivity contribution is -0.143. The third-order valence-electron chi connectivity index (χ3n) is 18.1. The van der Waals surface area contributed by atoms with E-state index in [9.17, 15) is 19.8 Å². The molecule has 82 heavy (non-hydrogen) atoms. The number of ether oxygens (including phenoxy) is 1. The van der Waals surface area contributed by atoms with Gasteiger partial charge in [-0.05, 0) is 51.4 Å². The van der Waals surface area contributed by atoms with Gasteiger partial charge in [-0.1, -0.05) is 386 Å². The molecule has 2 unspecified atom stereocenters. The van der Waals surface area contributed by atoms with E-state index in [0.29, 0.717) is 25.9 Å². The predicted molar refractivity (Wildman–Crippen MR) is 361 cm³/mol. The van der Waals surface area contributed by atoms with Crippen LogP contribution in [0, 0.1) is 0 Å². The van der Waals surface area contributed by atoms with Gasteiger partial charge in [0.1, 0.15) is 0 Å². The van der Waals surface area contributed by atoms with E-state index in [2.05, 4.69) is 31.3 Å². The molecule has 488 valence electrons. The van der Waals surface area contributed by atoms with E-state index in [-0.39, 0.29) is 18.5 Å². The highest BCUT2D eigenvalue weighted by atomic mass is 16.5. The van der Waals surface area contributed by atoms with Crippen LogP contribution in [0.4, 0.5) is 0 Å². The van der Waals surface area contributed by atoms with Crippen LogP contribution in [-0.4, -0.2) is 47.4 Å². The fourth-order valence-electron chi connectivity index (χ4n) is 12.3. The molecule has 0 radical (unpaired) electrons. The van der Waals surface area contributed by atoms with Crippen LogP contribution >= 0.6 is 0 Å². The quantitative estimate of drug-likeness (QED) is 0.0320. The Morgan fingerprint density at radius 2 is 0.573 bits per heavy atom. The van der Waals surface area contributed by atoms with Gasteiger partial charge in [-0.2, -0.15) is 0 Å². The van der Waals surface area contributed by atoms with Crippen LogP contribution in [0.3, 0.4) is 0 Å². The second-order valence-corrected chi connectivity index (χ2v) is 26.3. The first-order valence-corrected chi connectivity index (χ1v) is 37.9. The zero-order chi connectivity index (χ0) is 59.2. The number of allylic oxidation sites excluding steroid dienone is 2. The molecule has 0 aromatic heterocycles. The van der Waals surface area contributed by atoms with Gasteiger partial charge in [-0.15, -0.1) is 0 Å². The molecule has 1 amide bonds. The summed E-state index contributed by atoms with van der Waals surface area (Å²) in [6.45, 7) is 4.99. The molecule has 0 spiro atoms. The summed E-state index contributed by atoms with van der Waals surface area (Å²) in [5.41, 5.74) is 0. The molecule has 2 atom stereocenters. The van der Waals surface area contributed by atoms with Gasteiger partial charge >= 0.3 is 5.97 Å². The summed E-state index contributed by atoms with van der Waals surface area (Å²) < 4.78 is 5.52. The summed E-state index contributed by atoms with van der Waals surface area (Å²) in [5.74, 6) is -0.00334. The van der Waals surface area contributed by atoms with Gasteiger partial charge in [0.25, 0.3) is 0 Å². The van der Waals surface area contributed by atoms with Gasteiger partial charge in [0, 0.05) is 12.8 Å². The molecule has 0 aliphatic carbocycles. The van der Waals surface area contributed by atoms with E-state index in [4.69, 9.17) is 4.74 Å². The summed E-state index contributed by atoms with van der Waals surface area (Å²) in [6, 6.07) is -0.536. The van der Waals surface area contributed by atoms with E-state index >= 15 is 0 Å². The molecule has 6 heteroatoms. The Hall–Kier alpha value is -1.40. The highest BCUT2D eigenvalue weighted by Gasteiger charge is 2.20. The number of rotatable bonds is 72. The molecule has 0 saturated heterocycles. The van der Waals surface area contributed by atoms with Gasteiger partial charge in [-0.3, -0.25) is 9.59 Å². The second-order valence-electron chi connectivity index (χ2n) is 26.3. The molecular weight excluding hydrogens is 1010 g/mol. The van der Waals surface area contributed by atoms with Crippen LogP contribution in [0.15, 0.2) is 12.2 Å². The van der Waals surface area contributed by atoms with E-state index < -0.39 is 12.1 Å². The Morgan fingerprint density at radius 3 is 0.866 bits per heavy atom. The van der Waals surface area contributed by atoms with Crippen molar-refractivity contribution in [1.29, 1.82) is 0 Å². The maximum absolute atomic E-state index is 12.5. The SMILES string of the molecule is CCCCCCCCCCCCCCCCCCCCC(=O)OCCCCCCCCCCCCCCCCCC/C=C\CCCCCCCCCCCCCCCCCCCC(=O)NC(CO)C(O)CCCCCCCCCCCC.